The second-order valence-corrected chi connectivity index (χ2v) is 5.32. The molecular formula is C14H19N3O3. The van der Waals surface area contributed by atoms with Crippen molar-refractivity contribution in [1.82, 2.24) is 5.32 Å². The van der Waals surface area contributed by atoms with Gasteiger partial charge < -0.3 is 11.1 Å². The number of carbonyl (C=O) groups is 1. The number of nitrogens with two attached hydrogens (primary N) is 1. The molecule has 20 heavy (non-hydrogen) atoms. The highest BCUT2D eigenvalue weighted by atomic mass is 16.6. The van der Waals surface area contributed by atoms with Crippen molar-refractivity contribution >= 4 is 11.6 Å². The molecule has 6 nitrogen and oxygen atoms in total. The van der Waals surface area contributed by atoms with E-state index in [2.05, 4.69) is 5.32 Å². The fourth-order valence-electron chi connectivity index (χ4n) is 2.50. The summed E-state index contributed by atoms with van der Waals surface area (Å²) in [6.45, 7) is 0.343. The number of nitrogens with one attached hydrogen (secondary N) is 1. The van der Waals surface area contributed by atoms with E-state index in [0.29, 0.717) is 6.54 Å². The number of carbonyl (C=O) groups excluding carboxylic acids is 1. The lowest BCUT2D eigenvalue weighted by atomic mass is 9.82. The van der Waals surface area contributed by atoms with E-state index < -0.39 is 10.5 Å². The summed E-state index contributed by atoms with van der Waals surface area (Å²) in [5.74, 6) is -0.129. The predicted molar refractivity (Wildman–Crippen MR) is 74.9 cm³/mol. The quantitative estimate of drug-likeness (QED) is 0.648. The van der Waals surface area contributed by atoms with Gasteiger partial charge in [-0.2, -0.15) is 0 Å². The van der Waals surface area contributed by atoms with Crippen LogP contribution in [0.1, 0.15) is 37.7 Å². The van der Waals surface area contributed by atoms with Crippen molar-refractivity contribution in [2.45, 2.75) is 44.2 Å². The Hall–Kier alpha value is -1.95. The van der Waals surface area contributed by atoms with E-state index in [1.54, 1.807) is 12.1 Å². The van der Waals surface area contributed by atoms with Crippen molar-refractivity contribution in [2.24, 2.45) is 5.73 Å². The molecule has 0 atom stereocenters. The van der Waals surface area contributed by atoms with Gasteiger partial charge in [0.25, 0.3) is 5.69 Å². The van der Waals surface area contributed by atoms with Crippen LogP contribution in [-0.4, -0.2) is 16.4 Å². The van der Waals surface area contributed by atoms with Gasteiger partial charge in [-0.15, -0.1) is 0 Å². The van der Waals surface area contributed by atoms with Crippen molar-refractivity contribution in [2.75, 3.05) is 0 Å². The van der Waals surface area contributed by atoms with E-state index in [9.17, 15) is 14.9 Å². The van der Waals surface area contributed by atoms with Crippen molar-refractivity contribution in [1.29, 1.82) is 0 Å². The number of non-ortho nitro benzene ring substituents is 1. The lowest BCUT2D eigenvalue weighted by molar-refractivity contribution is -0.384. The molecule has 3 N–H and O–H groups in total. The summed E-state index contributed by atoms with van der Waals surface area (Å²) < 4.78 is 0. The van der Waals surface area contributed by atoms with Crippen LogP contribution in [0.25, 0.3) is 0 Å². The molecule has 1 aliphatic rings. The summed E-state index contributed by atoms with van der Waals surface area (Å²) in [5, 5.41) is 13.4. The lowest BCUT2D eigenvalue weighted by Gasteiger charge is -2.31. The second-order valence-electron chi connectivity index (χ2n) is 5.32. The molecule has 0 unspecified atom stereocenters. The van der Waals surface area contributed by atoms with Gasteiger partial charge in [-0.05, 0) is 18.4 Å². The average Bonchev–Trinajstić information content (AvgIpc) is 2.46. The van der Waals surface area contributed by atoms with E-state index in [1.165, 1.54) is 12.1 Å². The highest BCUT2D eigenvalue weighted by Crippen LogP contribution is 2.26. The van der Waals surface area contributed by atoms with Crippen LogP contribution in [0.2, 0.25) is 0 Å². The van der Waals surface area contributed by atoms with Crippen molar-refractivity contribution in [3.63, 3.8) is 0 Å². The van der Waals surface area contributed by atoms with Gasteiger partial charge in [-0.3, -0.25) is 14.9 Å². The zero-order valence-corrected chi connectivity index (χ0v) is 11.3. The predicted octanol–water partition coefficient (Wildman–Crippen LogP) is 1.87. The Bertz CT molecular complexity index is 493. The van der Waals surface area contributed by atoms with E-state index in [-0.39, 0.29) is 11.6 Å². The van der Waals surface area contributed by atoms with Crippen LogP contribution < -0.4 is 11.1 Å². The molecule has 2 rings (SSSR count). The molecular weight excluding hydrogens is 258 g/mol. The molecule has 0 bridgehead atoms. The third-order valence-electron chi connectivity index (χ3n) is 3.80. The largest absolute Gasteiger partial charge is 0.350 e. The third-order valence-corrected chi connectivity index (χ3v) is 3.80. The Kier molecular flexibility index (Phi) is 4.34. The molecule has 0 aliphatic heterocycles. The molecule has 0 aromatic heterocycles. The molecule has 1 aliphatic carbocycles. The molecule has 1 aromatic rings. The highest BCUT2D eigenvalue weighted by molar-refractivity contribution is 5.86. The molecule has 0 saturated heterocycles. The maximum atomic E-state index is 12.1. The van der Waals surface area contributed by atoms with E-state index in [4.69, 9.17) is 5.73 Å². The first-order chi connectivity index (χ1) is 9.51. The molecule has 0 heterocycles. The first kappa shape index (κ1) is 14.5. The standard InChI is InChI=1S/C14H19N3O3/c15-14(8-2-1-3-9-14)13(18)16-10-11-4-6-12(7-5-11)17(19)20/h4-7H,1-3,8-10,15H2,(H,16,18). The van der Waals surface area contributed by atoms with Gasteiger partial charge in [-0.1, -0.05) is 31.4 Å². The summed E-state index contributed by atoms with van der Waals surface area (Å²) in [7, 11) is 0. The molecule has 1 fully saturated rings. The zero-order valence-electron chi connectivity index (χ0n) is 11.3. The Morgan fingerprint density at radius 2 is 1.85 bits per heavy atom. The fourth-order valence-corrected chi connectivity index (χ4v) is 2.50. The van der Waals surface area contributed by atoms with E-state index in [0.717, 1.165) is 37.7 Å². The van der Waals surface area contributed by atoms with Crippen LogP contribution in [0, 0.1) is 10.1 Å². The number of hydrogen-bond donors (Lipinski definition) is 2. The monoisotopic (exact) mass is 277 g/mol. The SMILES string of the molecule is NC1(C(=O)NCc2ccc([N+](=O)[O-])cc2)CCCCC1. The molecule has 0 radical (unpaired) electrons. The number of hydrogen-bond acceptors (Lipinski definition) is 4. The van der Waals surface area contributed by atoms with Crippen LogP contribution in [-0.2, 0) is 11.3 Å². The Balaban J connectivity index is 1.91. The molecule has 1 amide bonds. The number of nitrogens with zero attached hydrogens (tertiary/aromatic N) is 1. The smallest absolute Gasteiger partial charge is 0.269 e. The van der Waals surface area contributed by atoms with Gasteiger partial charge in [0.1, 0.15) is 0 Å². The minimum absolute atomic E-state index is 0.0441. The van der Waals surface area contributed by atoms with Gasteiger partial charge in [0.15, 0.2) is 0 Å². The Labute approximate surface area is 117 Å². The summed E-state index contributed by atoms with van der Waals surface area (Å²) in [4.78, 5) is 22.2. The average molecular weight is 277 g/mol. The van der Waals surface area contributed by atoms with Crippen molar-refractivity contribution in [3.05, 3.63) is 39.9 Å². The number of nitro groups is 1. The normalized spacial score (nSPS) is 17.4. The topological polar surface area (TPSA) is 98.3 Å². The molecule has 1 aromatic carbocycles. The van der Waals surface area contributed by atoms with Gasteiger partial charge in [0, 0.05) is 18.7 Å². The van der Waals surface area contributed by atoms with Gasteiger partial charge in [-0.25, -0.2) is 0 Å². The molecule has 1 saturated carbocycles. The molecule has 0 spiro atoms. The first-order valence-corrected chi connectivity index (χ1v) is 6.82. The van der Waals surface area contributed by atoms with E-state index in [1.807, 2.05) is 0 Å². The lowest BCUT2D eigenvalue weighted by Crippen LogP contribution is -2.54. The number of rotatable bonds is 4. The van der Waals surface area contributed by atoms with E-state index >= 15 is 0 Å². The number of amides is 1. The first-order valence-electron chi connectivity index (χ1n) is 6.82. The second kappa shape index (κ2) is 6.00. The molecule has 6 heteroatoms. The van der Waals surface area contributed by atoms with Crippen LogP contribution in [0.3, 0.4) is 0 Å². The zero-order chi connectivity index (χ0) is 14.6. The van der Waals surface area contributed by atoms with Crippen LogP contribution in [0.4, 0.5) is 5.69 Å². The maximum Gasteiger partial charge on any atom is 0.269 e. The van der Waals surface area contributed by atoms with Gasteiger partial charge >= 0.3 is 0 Å². The Morgan fingerprint density at radius 3 is 2.40 bits per heavy atom. The third kappa shape index (κ3) is 3.33. The van der Waals surface area contributed by atoms with Crippen LogP contribution in [0.15, 0.2) is 24.3 Å². The Morgan fingerprint density at radius 1 is 1.25 bits per heavy atom. The highest BCUT2D eigenvalue weighted by Gasteiger charge is 2.34. The van der Waals surface area contributed by atoms with Gasteiger partial charge in [0.05, 0.1) is 10.5 Å². The van der Waals surface area contributed by atoms with Crippen LogP contribution >= 0.6 is 0 Å². The number of benzene rings is 1. The summed E-state index contributed by atoms with van der Waals surface area (Å²) in [6, 6.07) is 6.14. The summed E-state index contributed by atoms with van der Waals surface area (Å²) in [5.41, 5.74) is 6.24. The van der Waals surface area contributed by atoms with Crippen molar-refractivity contribution < 1.29 is 9.72 Å². The number of nitro benzene ring substituents is 1. The summed E-state index contributed by atoms with van der Waals surface area (Å²) >= 11 is 0. The van der Waals surface area contributed by atoms with Crippen LogP contribution in [0.5, 0.6) is 0 Å². The maximum absolute atomic E-state index is 12.1. The summed E-state index contributed by atoms with van der Waals surface area (Å²) in [6.07, 6.45) is 4.55. The minimum atomic E-state index is -0.751. The fraction of sp³-hybridized carbons (Fsp3) is 0.500. The van der Waals surface area contributed by atoms with Crippen molar-refractivity contribution in [3.8, 4) is 0 Å². The minimum Gasteiger partial charge on any atom is -0.350 e. The van der Waals surface area contributed by atoms with Gasteiger partial charge in [0.2, 0.25) is 5.91 Å². The molecule has 108 valence electrons.